The molecular formula is C35H61NO7. The summed E-state index contributed by atoms with van der Waals surface area (Å²) in [5, 5.41) is 48.8. The number of aliphatic hydroxyl groups excluding tert-OH is 5. The molecule has 8 nitrogen and oxygen atoms in total. The van der Waals surface area contributed by atoms with Crippen molar-refractivity contribution in [3.63, 3.8) is 0 Å². The van der Waals surface area contributed by atoms with Crippen LogP contribution in [0.25, 0.3) is 0 Å². The number of allylic oxidation sites excluding steroid dienone is 1. The van der Waals surface area contributed by atoms with Gasteiger partial charge < -0.3 is 35.2 Å². The van der Waals surface area contributed by atoms with Gasteiger partial charge in [-0.05, 0) is 91.3 Å². The maximum Gasteiger partial charge on any atom is 0.409 e. The van der Waals surface area contributed by atoms with Crippen molar-refractivity contribution in [3.8, 4) is 0 Å². The highest BCUT2D eigenvalue weighted by atomic mass is 16.6. The number of amides is 1. The predicted molar refractivity (Wildman–Crippen MR) is 167 cm³/mol. The van der Waals surface area contributed by atoms with E-state index in [-0.39, 0.29) is 18.1 Å². The molecule has 1 amide bonds. The molecule has 3 saturated carbocycles. The van der Waals surface area contributed by atoms with Gasteiger partial charge in [0.15, 0.2) is 0 Å². The zero-order valence-corrected chi connectivity index (χ0v) is 27.6. The number of ether oxygens (including phenoxy) is 1. The first-order valence-electron chi connectivity index (χ1n) is 17.2. The molecule has 0 aromatic rings. The molecule has 0 spiro atoms. The maximum atomic E-state index is 12.9. The number of hydrogen-bond donors (Lipinski definition) is 5. The Kier molecular flexibility index (Phi) is 11.3. The number of fused-ring (bicyclic) bond motifs is 5. The summed E-state index contributed by atoms with van der Waals surface area (Å²) in [5.74, 6) is 4.69. The number of hydrogen-bond acceptors (Lipinski definition) is 7. The quantitative estimate of drug-likeness (QED) is 0.200. The van der Waals surface area contributed by atoms with Crippen LogP contribution in [0.1, 0.15) is 105 Å². The van der Waals surface area contributed by atoms with Crippen molar-refractivity contribution in [2.75, 3.05) is 20.2 Å². The molecule has 8 heteroatoms. The maximum absolute atomic E-state index is 12.9. The molecule has 0 heterocycles. The van der Waals surface area contributed by atoms with E-state index >= 15 is 0 Å². The molecule has 43 heavy (non-hydrogen) atoms. The van der Waals surface area contributed by atoms with Crippen molar-refractivity contribution in [3.05, 3.63) is 11.6 Å². The minimum atomic E-state index is -1.73. The molecule has 3 fully saturated rings. The fourth-order valence-corrected chi connectivity index (χ4v) is 10.0. The first-order chi connectivity index (χ1) is 20.2. The highest BCUT2D eigenvalue weighted by molar-refractivity contribution is 5.67. The number of carbonyl (C=O) groups is 1. The minimum Gasteiger partial charge on any atom is -0.446 e. The van der Waals surface area contributed by atoms with Crippen molar-refractivity contribution in [1.29, 1.82) is 0 Å². The molecule has 12 atom stereocenters. The summed E-state index contributed by atoms with van der Waals surface area (Å²) in [4.78, 5) is 14.1. The fraction of sp³-hybridized carbons (Fsp3) is 0.914. The number of nitrogens with zero attached hydrogens (tertiary/aromatic N) is 1. The molecule has 0 saturated heterocycles. The van der Waals surface area contributed by atoms with Crippen LogP contribution in [0.4, 0.5) is 4.79 Å². The number of carbonyl (C=O) groups excluding carboxylic acids is 1. The Morgan fingerprint density at radius 3 is 2.35 bits per heavy atom. The lowest BCUT2D eigenvalue weighted by molar-refractivity contribution is -0.118. The van der Waals surface area contributed by atoms with Crippen LogP contribution in [0.2, 0.25) is 0 Å². The average Bonchev–Trinajstić information content (AvgIpc) is 3.33. The summed E-state index contributed by atoms with van der Waals surface area (Å²) >= 11 is 0. The largest absolute Gasteiger partial charge is 0.446 e. The molecule has 0 aromatic carbocycles. The second-order valence-corrected chi connectivity index (χ2v) is 15.7. The van der Waals surface area contributed by atoms with Gasteiger partial charge >= 0.3 is 6.09 Å². The van der Waals surface area contributed by atoms with Gasteiger partial charge in [0, 0.05) is 13.5 Å². The number of aliphatic hydroxyl groups is 5. The van der Waals surface area contributed by atoms with Crippen LogP contribution in [-0.2, 0) is 4.74 Å². The monoisotopic (exact) mass is 607 g/mol. The van der Waals surface area contributed by atoms with Gasteiger partial charge in [-0.15, -0.1) is 0 Å². The molecule has 4 rings (SSSR count). The second-order valence-electron chi connectivity index (χ2n) is 15.7. The lowest BCUT2D eigenvalue weighted by Crippen LogP contribution is -2.51. The van der Waals surface area contributed by atoms with Crippen molar-refractivity contribution >= 4 is 6.09 Å². The minimum absolute atomic E-state index is 0.157. The predicted octanol–water partition coefficient (Wildman–Crippen LogP) is 4.90. The zero-order valence-electron chi connectivity index (χ0n) is 27.6. The van der Waals surface area contributed by atoms with Crippen LogP contribution in [0.5, 0.6) is 0 Å². The van der Waals surface area contributed by atoms with Gasteiger partial charge in [-0.25, -0.2) is 4.79 Å². The normalized spacial score (nSPS) is 37.3. The molecule has 0 bridgehead atoms. The van der Waals surface area contributed by atoms with Crippen LogP contribution in [0.3, 0.4) is 0 Å². The van der Waals surface area contributed by atoms with E-state index in [9.17, 15) is 25.2 Å². The Bertz CT molecular complexity index is 972. The van der Waals surface area contributed by atoms with Crippen LogP contribution in [-0.4, -0.2) is 87.2 Å². The van der Waals surface area contributed by atoms with E-state index in [0.717, 1.165) is 55.3 Å². The second kappa shape index (κ2) is 14.1. The Balaban J connectivity index is 1.34. The number of rotatable bonds is 12. The Morgan fingerprint density at radius 1 is 0.977 bits per heavy atom. The topological polar surface area (TPSA) is 131 Å². The molecule has 4 aliphatic carbocycles. The van der Waals surface area contributed by atoms with Gasteiger partial charge in [-0.1, -0.05) is 65.5 Å². The van der Waals surface area contributed by atoms with E-state index in [1.54, 1.807) is 0 Å². The summed E-state index contributed by atoms with van der Waals surface area (Å²) in [6.45, 7) is 11.3. The van der Waals surface area contributed by atoms with Crippen molar-refractivity contribution < 1.29 is 35.1 Å². The van der Waals surface area contributed by atoms with Gasteiger partial charge in [0.1, 0.15) is 30.5 Å². The molecule has 5 N–H and O–H groups in total. The van der Waals surface area contributed by atoms with E-state index in [1.165, 1.54) is 62.5 Å². The molecular weight excluding hydrogens is 546 g/mol. The lowest BCUT2D eigenvalue weighted by Gasteiger charge is -2.58. The van der Waals surface area contributed by atoms with E-state index in [1.807, 2.05) is 0 Å². The zero-order chi connectivity index (χ0) is 31.7. The Labute approximate surface area is 259 Å². The smallest absolute Gasteiger partial charge is 0.409 e. The summed E-state index contributed by atoms with van der Waals surface area (Å²) < 4.78 is 5.87. The van der Waals surface area contributed by atoms with Gasteiger partial charge in [-0.3, -0.25) is 0 Å². The van der Waals surface area contributed by atoms with Crippen LogP contribution in [0, 0.1) is 46.3 Å². The summed E-state index contributed by atoms with van der Waals surface area (Å²) in [6.07, 6.45) is 8.29. The fourth-order valence-electron chi connectivity index (χ4n) is 10.0. The number of likely N-dealkylation sites (N-methyl/N-ethyl adjacent to an activating group) is 1. The molecule has 4 aliphatic rings. The van der Waals surface area contributed by atoms with Gasteiger partial charge in [0.25, 0.3) is 0 Å². The summed E-state index contributed by atoms with van der Waals surface area (Å²) in [6, 6.07) is 0. The van der Waals surface area contributed by atoms with Crippen LogP contribution < -0.4 is 0 Å². The molecule has 0 aromatic heterocycles. The molecule has 248 valence electrons. The van der Waals surface area contributed by atoms with Crippen molar-refractivity contribution in [1.82, 2.24) is 4.90 Å². The standard InChI is InChI=1S/C35H61NO7/c1-21(2)8-7-9-22(3)26-12-13-27-25-11-10-23-18-24(14-16-34(23,4)28(25)15-17-35(26,27)5)43-33(42)36(6)19-29(38)31(40)32(41)30(39)20-37/h10,21-22,24-32,37-41H,7-9,11-20H2,1-6H3/t22-,24+,25?,26?,27?,28?,29?,30?,31?,32?,34+,35-/m1/s1. The lowest BCUT2D eigenvalue weighted by atomic mass is 9.47. The third-order valence-corrected chi connectivity index (χ3v) is 12.6. The first kappa shape index (κ1) is 34.7. The summed E-state index contributed by atoms with van der Waals surface area (Å²) in [7, 11) is 1.48. The van der Waals surface area contributed by atoms with E-state index in [0.29, 0.717) is 11.3 Å². The van der Waals surface area contributed by atoms with Crippen molar-refractivity contribution in [2.45, 2.75) is 136 Å². The van der Waals surface area contributed by atoms with E-state index < -0.39 is 37.1 Å². The van der Waals surface area contributed by atoms with Crippen molar-refractivity contribution in [2.24, 2.45) is 46.3 Å². The average molecular weight is 608 g/mol. The Hall–Kier alpha value is -1.19. The third-order valence-electron chi connectivity index (χ3n) is 12.6. The van der Waals surface area contributed by atoms with Crippen LogP contribution in [0.15, 0.2) is 11.6 Å². The Morgan fingerprint density at radius 2 is 1.67 bits per heavy atom. The first-order valence-corrected chi connectivity index (χ1v) is 17.2. The highest BCUT2D eigenvalue weighted by Crippen LogP contribution is 2.67. The summed E-state index contributed by atoms with van der Waals surface area (Å²) in [5.41, 5.74) is 2.06. The molecule has 8 unspecified atom stereocenters. The third kappa shape index (κ3) is 7.14. The van der Waals surface area contributed by atoms with Gasteiger partial charge in [0.05, 0.1) is 13.2 Å². The molecule has 0 radical (unpaired) electrons. The van der Waals surface area contributed by atoms with E-state index in [4.69, 9.17) is 9.84 Å². The SMILES string of the molecule is CC(C)CCC[C@@H](C)C1CCC2C3CC=C4C[C@@H](OC(=O)N(C)CC(O)C(O)C(O)C(O)CO)CC[C@]4(C)C3CC[C@@]21C. The van der Waals surface area contributed by atoms with Gasteiger partial charge in [0.2, 0.25) is 0 Å². The highest BCUT2D eigenvalue weighted by Gasteiger charge is 2.59. The van der Waals surface area contributed by atoms with E-state index in [2.05, 4.69) is 40.7 Å². The van der Waals surface area contributed by atoms with Gasteiger partial charge in [-0.2, -0.15) is 0 Å². The van der Waals surface area contributed by atoms with Crippen LogP contribution >= 0.6 is 0 Å². The molecule has 0 aliphatic heterocycles.